The topological polar surface area (TPSA) is 81.1 Å². The highest BCUT2D eigenvalue weighted by Gasteiger charge is 2.32. The van der Waals surface area contributed by atoms with E-state index in [-0.39, 0.29) is 23.5 Å². The van der Waals surface area contributed by atoms with E-state index in [0.29, 0.717) is 18.7 Å². The van der Waals surface area contributed by atoms with Crippen molar-refractivity contribution in [1.29, 1.82) is 0 Å². The van der Waals surface area contributed by atoms with E-state index in [0.717, 1.165) is 10.6 Å². The number of aromatic nitrogens is 2. The van der Waals surface area contributed by atoms with Gasteiger partial charge in [0.2, 0.25) is 0 Å². The van der Waals surface area contributed by atoms with Gasteiger partial charge in [-0.2, -0.15) is 5.10 Å². The molecule has 122 valence electrons. The molecule has 0 aromatic carbocycles. The summed E-state index contributed by atoms with van der Waals surface area (Å²) < 4.78 is 25.2. The van der Waals surface area contributed by atoms with Gasteiger partial charge in [0.05, 0.1) is 28.1 Å². The first-order valence-corrected chi connectivity index (χ1v) is 9.93. The van der Waals surface area contributed by atoms with Crippen LogP contribution in [-0.4, -0.2) is 42.2 Å². The number of nitrogens with zero attached hydrogens (tertiary/aromatic N) is 2. The minimum atomic E-state index is -3.03. The van der Waals surface area contributed by atoms with Crippen LogP contribution in [0.2, 0.25) is 0 Å². The molecular weight excluding hydrogens is 334 g/mol. The predicted molar refractivity (Wildman–Crippen MR) is 90.4 cm³/mol. The van der Waals surface area contributed by atoms with E-state index in [9.17, 15) is 13.2 Å². The quantitative estimate of drug-likeness (QED) is 0.834. The van der Waals surface area contributed by atoms with Gasteiger partial charge < -0.3 is 5.32 Å². The molecule has 0 saturated carbocycles. The number of sulfone groups is 1. The molecule has 0 spiro atoms. The molecule has 3 rings (SSSR count). The monoisotopic (exact) mass is 351 g/mol. The standard InChI is InChI=1S/C15H17N3O3S2/c1-2-6-16-15(19)12-9-13(14-4-3-7-22-14)18(17-12)11-5-8-23(20,21)10-11/h2-4,7,9,11H,1,5-6,8,10H2,(H,16,19)/t11-/m0/s1. The van der Waals surface area contributed by atoms with E-state index in [1.54, 1.807) is 16.8 Å². The first kappa shape index (κ1) is 15.9. The Morgan fingerprint density at radius 1 is 1.57 bits per heavy atom. The smallest absolute Gasteiger partial charge is 0.272 e. The number of carbonyl (C=O) groups is 1. The summed E-state index contributed by atoms with van der Waals surface area (Å²) >= 11 is 1.53. The molecule has 3 heterocycles. The fourth-order valence-corrected chi connectivity index (χ4v) is 5.04. The van der Waals surface area contributed by atoms with Crippen molar-refractivity contribution in [3.05, 3.63) is 41.9 Å². The SMILES string of the molecule is C=CCNC(=O)c1cc(-c2cccs2)n([C@H]2CCS(=O)(=O)C2)n1. The highest BCUT2D eigenvalue weighted by molar-refractivity contribution is 7.91. The lowest BCUT2D eigenvalue weighted by Crippen LogP contribution is -2.24. The number of rotatable bonds is 5. The Morgan fingerprint density at radius 3 is 3.00 bits per heavy atom. The maximum atomic E-state index is 12.1. The highest BCUT2D eigenvalue weighted by Crippen LogP contribution is 2.32. The van der Waals surface area contributed by atoms with Crippen LogP contribution in [0.3, 0.4) is 0 Å². The van der Waals surface area contributed by atoms with Crippen LogP contribution in [0.5, 0.6) is 0 Å². The van der Waals surface area contributed by atoms with Crippen molar-refractivity contribution in [2.24, 2.45) is 0 Å². The second kappa shape index (κ2) is 6.29. The molecule has 8 heteroatoms. The zero-order valence-electron chi connectivity index (χ0n) is 12.4. The Bertz CT molecular complexity index is 822. The predicted octanol–water partition coefficient (Wildman–Crippen LogP) is 1.89. The van der Waals surface area contributed by atoms with Crippen molar-refractivity contribution >= 4 is 27.1 Å². The molecule has 0 radical (unpaired) electrons. The van der Waals surface area contributed by atoms with Gasteiger partial charge in [0.25, 0.3) is 5.91 Å². The zero-order valence-corrected chi connectivity index (χ0v) is 14.1. The van der Waals surface area contributed by atoms with Gasteiger partial charge >= 0.3 is 0 Å². The maximum absolute atomic E-state index is 12.1. The van der Waals surface area contributed by atoms with Crippen molar-refractivity contribution in [1.82, 2.24) is 15.1 Å². The average molecular weight is 351 g/mol. The second-order valence-electron chi connectivity index (χ2n) is 5.39. The molecule has 1 fully saturated rings. The van der Waals surface area contributed by atoms with Gasteiger partial charge in [0, 0.05) is 6.54 Å². The van der Waals surface area contributed by atoms with Gasteiger partial charge in [0.1, 0.15) is 0 Å². The average Bonchev–Trinajstić information content (AvgIpc) is 3.22. The van der Waals surface area contributed by atoms with Crippen LogP contribution in [0.15, 0.2) is 36.2 Å². The third-order valence-corrected chi connectivity index (χ3v) is 6.35. The van der Waals surface area contributed by atoms with Gasteiger partial charge in [-0.05, 0) is 23.9 Å². The second-order valence-corrected chi connectivity index (χ2v) is 8.57. The van der Waals surface area contributed by atoms with Crippen molar-refractivity contribution < 1.29 is 13.2 Å². The Kier molecular flexibility index (Phi) is 4.36. The van der Waals surface area contributed by atoms with Crippen LogP contribution in [0.1, 0.15) is 23.0 Å². The van der Waals surface area contributed by atoms with Crippen LogP contribution in [0.25, 0.3) is 10.6 Å². The molecule has 1 aliphatic heterocycles. The van der Waals surface area contributed by atoms with Gasteiger partial charge in [-0.3, -0.25) is 9.48 Å². The van der Waals surface area contributed by atoms with E-state index in [2.05, 4.69) is 17.0 Å². The fraction of sp³-hybridized carbons (Fsp3) is 0.333. The Balaban J connectivity index is 1.98. The summed E-state index contributed by atoms with van der Waals surface area (Å²) in [5.41, 5.74) is 1.07. The Morgan fingerprint density at radius 2 is 2.39 bits per heavy atom. The number of nitrogens with one attached hydrogen (secondary N) is 1. The number of hydrogen-bond acceptors (Lipinski definition) is 5. The van der Waals surface area contributed by atoms with Crippen LogP contribution in [0, 0.1) is 0 Å². The van der Waals surface area contributed by atoms with Crippen molar-refractivity contribution in [3.8, 4) is 10.6 Å². The summed E-state index contributed by atoms with van der Waals surface area (Å²) in [6.45, 7) is 3.92. The van der Waals surface area contributed by atoms with Crippen LogP contribution in [-0.2, 0) is 9.84 Å². The van der Waals surface area contributed by atoms with Crippen molar-refractivity contribution in [2.75, 3.05) is 18.1 Å². The van der Waals surface area contributed by atoms with Crippen LogP contribution >= 0.6 is 11.3 Å². The molecule has 0 unspecified atom stereocenters. The fourth-order valence-electron chi connectivity index (χ4n) is 2.62. The minimum absolute atomic E-state index is 0.0702. The minimum Gasteiger partial charge on any atom is -0.347 e. The number of thiophene rings is 1. The normalized spacial score (nSPS) is 19.6. The van der Waals surface area contributed by atoms with Gasteiger partial charge in [0.15, 0.2) is 15.5 Å². The summed E-state index contributed by atoms with van der Waals surface area (Å²) in [4.78, 5) is 13.1. The molecule has 1 N–H and O–H groups in total. The molecule has 1 atom stereocenters. The molecule has 2 aromatic heterocycles. The number of hydrogen-bond donors (Lipinski definition) is 1. The Hall–Kier alpha value is -1.93. The summed E-state index contributed by atoms with van der Waals surface area (Å²) in [7, 11) is -3.03. The summed E-state index contributed by atoms with van der Waals surface area (Å²) in [5.74, 6) is -0.0532. The molecule has 2 aromatic rings. The number of amides is 1. The molecule has 1 saturated heterocycles. The molecule has 1 amide bonds. The van der Waals surface area contributed by atoms with E-state index < -0.39 is 9.84 Å². The third-order valence-electron chi connectivity index (χ3n) is 3.70. The van der Waals surface area contributed by atoms with Gasteiger partial charge in [-0.15, -0.1) is 17.9 Å². The number of carbonyl (C=O) groups excluding carboxylic acids is 1. The lowest BCUT2D eigenvalue weighted by Gasteiger charge is -2.12. The summed E-state index contributed by atoms with van der Waals surface area (Å²) in [5, 5.41) is 9.01. The third kappa shape index (κ3) is 3.37. The van der Waals surface area contributed by atoms with Crippen molar-refractivity contribution in [3.63, 3.8) is 0 Å². The van der Waals surface area contributed by atoms with Crippen LogP contribution in [0.4, 0.5) is 0 Å². The van der Waals surface area contributed by atoms with Gasteiger partial charge in [-0.25, -0.2) is 8.42 Å². The molecule has 0 aliphatic carbocycles. The highest BCUT2D eigenvalue weighted by atomic mass is 32.2. The van der Waals surface area contributed by atoms with Crippen molar-refractivity contribution in [2.45, 2.75) is 12.5 Å². The lowest BCUT2D eigenvalue weighted by molar-refractivity contribution is 0.0952. The Labute approximate surface area is 138 Å². The van der Waals surface area contributed by atoms with E-state index in [4.69, 9.17) is 0 Å². The first-order valence-electron chi connectivity index (χ1n) is 7.23. The van der Waals surface area contributed by atoms with Crippen LogP contribution < -0.4 is 5.32 Å². The van der Waals surface area contributed by atoms with Gasteiger partial charge in [-0.1, -0.05) is 12.1 Å². The lowest BCUT2D eigenvalue weighted by atomic mass is 10.2. The molecule has 23 heavy (non-hydrogen) atoms. The van der Waals surface area contributed by atoms with E-state index in [1.165, 1.54) is 11.3 Å². The molecule has 1 aliphatic rings. The maximum Gasteiger partial charge on any atom is 0.272 e. The molecule has 0 bridgehead atoms. The summed E-state index contributed by atoms with van der Waals surface area (Å²) in [6.07, 6.45) is 2.12. The van der Waals surface area contributed by atoms with E-state index in [1.807, 2.05) is 17.5 Å². The molecule has 6 nitrogen and oxygen atoms in total. The summed E-state index contributed by atoms with van der Waals surface area (Å²) in [6, 6.07) is 5.35. The largest absolute Gasteiger partial charge is 0.347 e. The molecular formula is C15H17N3O3S2. The zero-order chi connectivity index (χ0) is 16.4. The first-order chi connectivity index (χ1) is 11.0. The van der Waals surface area contributed by atoms with E-state index >= 15 is 0 Å².